The van der Waals surface area contributed by atoms with Crippen molar-refractivity contribution in [2.24, 2.45) is 5.41 Å². The fourth-order valence-corrected chi connectivity index (χ4v) is 3.41. The van der Waals surface area contributed by atoms with Crippen molar-refractivity contribution in [2.45, 2.75) is 84.7 Å². The number of rotatable bonds is 9. The summed E-state index contributed by atoms with van der Waals surface area (Å²) in [4.78, 5) is 54.6. The molecule has 0 aliphatic heterocycles. The Morgan fingerprint density at radius 2 is 1.72 bits per heavy atom. The van der Waals surface area contributed by atoms with Crippen molar-refractivity contribution in [1.82, 2.24) is 15.3 Å². The summed E-state index contributed by atoms with van der Waals surface area (Å²) in [5.74, 6) is -2.05. The fourth-order valence-electron chi connectivity index (χ4n) is 3.41. The monoisotopic (exact) mass is 611 g/mol. The average Bonchev–Trinajstić information content (AvgIpc) is 3.69. The normalized spacial score (nSPS) is 14.3. The van der Waals surface area contributed by atoms with Crippen LogP contribution in [0, 0.1) is 5.41 Å². The maximum Gasteiger partial charge on any atom is 0.421 e. The standard InChI is InChI=1S/C28H36F3N5O7/c1-26(2,3)23(38)43-42-22(37)19(35-25(39)41-27(4,5)6)12-15-8-11-18(20(13-15)40-7)34-24-32-14-17(28(29,30)31)21(36-24)33-16-9-10-16/h8,11,13-14,16,19H,9-10,12H2,1-7H3,(H,35,39)(H2,32,33,34,36). The van der Waals surface area contributed by atoms with Crippen molar-refractivity contribution in [3.05, 3.63) is 35.5 Å². The van der Waals surface area contributed by atoms with Gasteiger partial charge in [-0.3, -0.25) is 0 Å². The number of benzene rings is 1. The molecule has 236 valence electrons. The third kappa shape index (κ3) is 10.2. The number of hydrogen-bond acceptors (Lipinski definition) is 11. The number of halogens is 3. The Hall–Kier alpha value is -4.30. The highest BCUT2D eigenvalue weighted by atomic mass is 19.4. The summed E-state index contributed by atoms with van der Waals surface area (Å²) in [6, 6.07) is 3.24. The Balaban J connectivity index is 1.81. The first kappa shape index (κ1) is 33.2. The number of hydrogen-bond donors (Lipinski definition) is 3. The lowest BCUT2D eigenvalue weighted by atomic mass is 9.98. The van der Waals surface area contributed by atoms with Crippen LogP contribution >= 0.6 is 0 Å². The van der Waals surface area contributed by atoms with Crippen LogP contribution in [0.15, 0.2) is 24.4 Å². The second kappa shape index (κ2) is 12.9. The smallest absolute Gasteiger partial charge is 0.421 e. The fraction of sp³-hybridized carbons (Fsp3) is 0.536. The quantitative estimate of drug-likeness (QED) is 0.250. The van der Waals surface area contributed by atoms with E-state index in [1.165, 1.54) is 13.2 Å². The van der Waals surface area contributed by atoms with E-state index in [1.807, 2.05) is 0 Å². The molecule has 0 radical (unpaired) electrons. The average molecular weight is 612 g/mol. The van der Waals surface area contributed by atoms with Crippen LogP contribution in [0.3, 0.4) is 0 Å². The van der Waals surface area contributed by atoms with Crippen LogP contribution in [-0.2, 0) is 36.7 Å². The Morgan fingerprint density at radius 3 is 2.28 bits per heavy atom. The summed E-state index contributed by atoms with van der Waals surface area (Å²) >= 11 is 0. The summed E-state index contributed by atoms with van der Waals surface area (Å²) in [5.41, 5.74) is -1.98. The molecule has 1 aromatic carbocycles. The SMILES string of the molecule is COc1cc(CC(NC(=O)OC(C)(C)C)C(=O)OOC(=O)C(C)(C)C)ccc1Nc1ncc(C(F)(F)F)c(NC2CC2)n1. The van der Waals surface area contributed by atoms with Crippen LogP contribution < -0.4 is 20.7 Å². The molecule has 3 rings (SSSR count). The third-order valence-electron chi connectivity index (χ3n) is 5.75. The van der Waals surface area contributed by atoms with E-state index >= 15 is 0 Å². The van der Waals surface area contributed by atoms with Gasteiger partial charge < -0.3 is 25.4 Å². The Morgan fingerprint density at radius 1 is 1.05 bits per heavy atom. The lowest BCUT2D eigenvalue weighted by Crippen LogP contribution is -2.45. The first-order valence-electron chi connectivity index (χ1n) is 13.4. The van der Waals surface area contributed by atoms with Gasteiger partial charge in [0.05, 0.1) is 18.2 Å². The molecule has 1 heterocycles. The molecular formula is C28H36F3N5O7. The first-order valence-corrected chi connectivity index (χ1v) is 13.4. The number of carbonyl (C=O) groups excluding carboxylic acids is 3. The highest BCUT2D eigenvalue weighted by Crippen LogP contribution is 2.37. The van der Waals surface area contributed by atoms with Crippen molar-refractivity contribution in [1.29, 1.82) is 0 Å². The molecule has 1 aromatic heterocycles. The Kier molecular flexibility index (Phi) is 9.97. The zero-order chi connectivity index (χ0) is 32.2. The van der Waals surface area contributed by atoms with Gasteiger partial charge in [-0.15, -0.1) is 0 Å². The molecule has 0 spiro atoms. The van der Waals surface area contributed by atoms with E-state index < -0.39 is 46.8 Å². The first-order chi connectivity index (χ1) is 19.9. The minimum Gasteiger partial charge on any atom is -0.495 e. The van der Waals surface area contributed by atoms with Gasteiger partial charge in [-0.1, -0.05) is 6.07 Å². The number of methoxy groups -OCH3 is 1. The molecule has 1 unspecified atom stereocenters. The van der Waals surface area contributed by atoms with Crippen LogP contribution in [0.4, 0.5) is 35.4 Å². The minimum atomic E-state index is -4.63. The summed E-state index contributed by atoms with van der Waals surface area (Å²) in [6.07, 6.45) is -3.48. The summed E-state index contributed by atoms with van der Waals surface area (Å²) in [7, 11) is 1.37. The van der Waals surface area contributed by atoms with Crippen LogP contribution in [0.2, 0.25) is 0 Å². The zero-order valence-electron chi connectivity index (χ0n) is 25.0. The molecule has 43 heavy (non-hydrogen) atoms. The summed E-state index contributed by atoms with van der Waals surface area (Å²) < 4.78 is 51.0. The molecule has 1 fully saturated rings. The molecule has 2 aromatic rings. The van der Waals surface area contributed by atoms with Crippen LogP contribution in [0.1, 0.15) is 65.5 Å². The number of nitrogens with zero attached hydrogens (tertiary/aromatic N) is 2. The van der Waals surface area contributed by atoms with Crippen molar-refractivity contribution >= 4 is 35.5 Å². The zero-order valence-corrected chi connectivity index (χ0v) is 25.0. The van der Waals surface area contributed by atoms with Crippen LogP contribution in [-0.4, -0.2) is 52.8 Å². The van der Waals surface area contributed by atoms with E-state index in [-0.39, 0.29) is 30.0 Å². The molecule has 1 aliphatic carbocycles. The predicted octanol–water partition coefficient (Wildman–Crippen LogP) is 5.31. The summed E-state index contributed by atoms with van der Waals surface area (Å²) in [5, 5.41) is 8.05. The molecule has 15 heteroatoms. The maximum absolute atomic E-state index is 13.5. The van der Waals surface area contributed by atoms with Crippen molar-refractivity contribution in [2.75, 3.05) is 17.7 Å². The summed E-state index contributed by atoms with van der Waals surface area (Å²) in [6.45, 7) is 9.65. The predicted molar refractivity (Wildman–Crippen MR) is 148 cm³/mol. The van der Waals surface area contributed by atoms with Gasteiger partial charge in [0.1, 0.15) is 28.8 Å². The number of carbonyl (C=O) groups is 3. The van der Waals surface area contributed by atoms with Crippen molar-refractivity contribution < 1.29 is 46.8 Å². The van der Waals surface area contributed by atoms with Gasteiger partial charge in [0.15, 0.2) is 0 Å². The highest BCUT2D eigenvalue weighted by Gasteiger charge is 2.37. The lowest BCUT2D eigenvalue weighted by molar-refractivity contribution is -0.266. The molecular weight excluding hydrogens is 575 g/mol. The van der Waals surface area contributed by atoms with Gasteiger partial charge in [0, 0.05) is 18.7 Å². The van der Waals surface area contributed by atoms with Gasteiger partial charge in [-0.25, -0.2) is 29.1 Å². The number of amides is 1. The number of alkyl halides is 3. The van der Waals surface area contributed by atoms with E-state index in [9.17, 15) is 27.6 Å². The maximum atomic E-state index is 13.5. The molecule has 0 bridgehead atoms. The number of anilines is 3. The van der Waals surface area contributed by atoms with Crippen molar-refractivity contribution in [3.63, 3.8) is 0 Å². The molecule has 1 amide bonds. The second-order valence-corrected chi connectivity index (χ2v) is 12.0. The minimum absolute atomic E-state index is 0.0800. The van der Waals surface area contributed by atoms with Gasteiger partial charge in [-0.05, 0) is 72.1 Å². The van der Waals surface area contributed by atoms with E-state index in [4.69, 9.17) is 14.4 Å². The van der Waals surface area contributed by atoms with Crippen LogP contribution in [0.5, 0.6) is 5.75 Å². The molecule has 0 saturated heterocycles. The third-order valence-corrected chi connectivity index (χ3v) is 5.75. The van der Waals surface area contributed by atoms with Gasteiger partial charge in [0.2, 0.25) is 5.95 Å². The van der Waals surface area contributed by atoms with Crippen molar-refractivity contribution in [3.8, 4) is 5.75 Å². The van der Waals surface area contributed by atoms with Gasteiger partial charge >= 0.3 is 24.2 Å². The van der Waals surface area contributed by atoms with Crippen LogP contribution in [0.25, 0.3) is 0 Å². The van der Waals surface area contributed by atoms with E-state index in [2.05, 4.69) is 30.8 Å². The number of alkyl carbamates (subject to hydrolysis) is 1. The van der Waals surface area contributed by atoms with E-state index in [0.717, 1.165) is 12.8 Å². The van der Waals surface area contributed by atoms with E-state index in [0.29, 0.717) is 17.4 Å². The largest absolute Gasteiger partial charge is 0.495 e. The Bertz CT molecular complexity index is 1340. The molecule has 1 atom stereocenters. The molecule has 12 nitrogen and oxygen atoms in total. The Labute approximate surface area is 247 Å². The van der Waals surface area contributed by atoms with Gasteiger partial charge in [-0.2, -0.15) is 18.2 Å². The topological polar surface area (TPSA) is 150 Å². The lowest BCUT2D eigenvalue weighted by Gasteiger charge is -2.23. The number of ether oxygens (including phenoxy) is 2. The molecule has 3 N–H and O–H groups in total. The highest BCUT2D eigenvalue weighted by molar-refractivity contribution is 5.83. The number of nitrogens with one attached hydrogen (secondary N) is 3. The molecule has 1 aliphatic rings. The number of aromatic nitrogens is 2. The van der Waals surface area contributed by atoms with Gasteiger partial charge in [0.25, 0.3) is 0 Å². The van der Waals surface area contributed by atoms with E-state index in [1.54, 1.807) is 53.7 Å². The second-order valence-electron chi connectivity index (χ2n) is 12.0. The molecule has 1 saturated carbocycles.